The van der Waals surface area contributed by atoms with Crippen LogP contribution in [0, 0.1) is 5.92 Å². The standard InChI is InChI=1S/C17H18BrClN4/c1-11(2)7-8-20-16-9-15(12-5-3-4-6-14(12)19)22-17-13(18)10-21-23(16)17/h3-6,9-11,20H,7-8H2,1-2H3. The van der Waals surface area contributed by atoms with E-state index < -0.39 is 0 Å². The molecule has 0 unspecified atom stereocenters. The van der Waals surface area contributed by atoms with Gasteiger partial charge in [0.15, 0.2) is 5.65 Å². The molecule has 1 N–H and O–H groups in total. The van der Waals surface area contributed by atoms with Crippen LogP contribution in [0.1, 0.15) is 20.3 Å². The van der Waals surface area contributed by atoms with E-state index in [1.807, 2.05) is 34.8 Å². The molecule has 23 heavy (non-hydrogen) atoms. The molecule has 4 nitrogen and oxygen atoms in total. The first kappa shape index (κ1) is 16.3. The summed E-state index contributed by atoms with van der Waals surface area (Å²) in [5.41, 5.74) is 2.52. The van der Waals surface area contributed by atoms with Crippen LogP contribution >= 0.6 is 27.5 Å². The molecule has 0 aliphatic rings. The van der Waals surface area contributed by atoms with Gasteiger partial charge >= 0.3 is 0 Å². The van der Waals surface area contributed by atoms with E-state index in [1.54, 1.807) is 6.20 Å². The highest BCUT2D eigenvalue weighted by Crippen LogP contribution is 2.30. The Kier molecular flexibility index (Phi) is 4.87. The van der Waals surface area contributed by atoms with E-state index in [0.717, 1.165) is 40.2 Å². The van der Waals surface area contributed by atoms with E-state index in [4.69, 9.17) is 16.6 Å². The van der Waals surface area contributed by atoms with Gasteiger partial charge in [0.25, 0.3) is 0 Å². The monoisotopic (exact) mass is 392 g/mol. The van der Waals surface area contributed by atoms with E-state index in [9.17, 15) is 0 Å². The summed E-state index contributed by atoms with van der Waals surface area (Å²) >= 11 is 9.84. The largest absolute Gasteiger partial charge is 0.370 e. The van der Waals surface area contributed by atoms with Crippen LogP contribution in [0.4, 0.5) is 5.82 Å². The lowest BCUT2D eigenvalue weighted by atomic mass is 10.1. The molecule has 3 rings (SSSR count). The minimum absolute atomic E-state index is 0.646. The highest BCUT2D eigenvalue weighted by atomic mass is 79.9. The second kappa shape index (κ2) is 6.89. The maximum absolute atomic E-state index is 6.33. The Bertz CT molecular complexity index is 829. The number of benzene rings is 1. The number of fused-ring (bicyclic) bond motifs is 1. The van der Waals surface area contributed by atoms with E-state index in [0.29, 0.717) is 10.9 Å². The van der Waals surface area contributed by atoms with E-state index >= 15 is 0 Å². The summed E-state index contributed by atoms with van der Waals surface area (Å²) in [5.74, 6) is 1.56. The average Bonchev–Trinajstić information content (AvgIpc) is 2.89. The molecule has 0 spiro atoms. The lowest BCUT2D eigenvalue weighted by molar-refractivity contribution is 0.606. The third-order valence-corrected chi connectivity index (χ3v) is 4.50. The van der Waals surface area contributed by atoms with Gasteiger partial charge in [0.05, 0.1) is 16.4 Å². The predicted octanol–water partition coefficient (Wildman–Crippen LogP) is 5.27. The zero-order valence-corrected chi connectivity index (χ0v) is 15.4. The first-order valence-corrected chi connectivity index (χ1v) is 8.76. The van der Waals surface area contributed by atoms with Gasteiger partial charge in [-0.15, -0.1) is 0 Å². The molecule has 2 heterocycles. The molecule has 1 aromatic carbocycles. The lowest BCUT2D eigenvalue weighted by Gasteiger charge is -2.12. The molecule has 2 aromatic heterocycles. The normalized spacial score (nSPS) is 11.3. The molecule has 0 amide bonds. The Balaban J connectivity index is 2.06. The summed E-state index contributed by atoms with van der Waals surface area (Å²) in [6.45, 7) is 5.31. The molecule has 0 atom stereocenters. The van der Waals surface area contributed by atoms with E-state index in [1.165, 1.54) is 0 Å². The van der Waals surface area contributed by atoms with Gasteiger partial charge in [-0.05, 0) is 34.3 Å². The highest BCUT2D eigenvalue weighted by Gasteiger charge is 2.13. The first-order valence-electron chi connectivity index (χ1n) is 7.59. The van der Waals surface area contributed by atoms with Crippen molar-refractivity contribution in [3.8, 4) is 11.3 Å². The number of nitrogens with one attached hydrogen (secondary N) is 1. The quantitative estimate of drug-likeness (QED) is 0.642. The number of hydrogen-bond donors (Lipinski definition) is 1. The SMILES string of the molecule is CC(C)CCNc1cc(-c2ccccc2Cl)nc2c(Br)cnn12. The number of nitrogens with zero attached hydrogens (tertiary/aromatic N) is 3. The number of anilines is 1. The minimum Gasteiger partial charge on any atom is -0.370 e. The van der Waals surface area contributed by atoms with Gasteiger partial charge in [-0.2, -0.15) is 9.61 Å². The van der Waals surface area contributed by atoms with Crippen LogP contribution in [0.3, 0.4) is 0 Å². The van der Waals surface area contributed by atoms with Crippen LogP contribution < -0.4 is 5.32 Å². The molecule has 0 saturated heterocycles. The molecule has 0 fully saturated rings. The second-order valence-electron chi connectivity index (χ2n) is 5.84. The summed E-state index contributed by atoms with van der Waals surface area (Å²) in [6.07, 6.45) is 2.85. The molecule has 0 aliphatic carbocycles. The molecule has 0 aliphatic heterocycles. The molecule has 0 bridgehead atoms. The topological polar surface area (TPSA) is 42.2 Å². The van der Waals surface area contributed by atoms with Crippen molar-refractivity contribution in [1.29, 1.82) is 0 Å². The van der Waals surface area contributed by atoms with E-state index in [2.05, 4.69) is 40.2 Å². The fourth-order valence-electron chi connectivity index (χ4n) is 2.36. The van der Waals surface area contributed by atoms with Gasteiger partial charge in [0.1, 0.15) is 5.82 Å². The molecule has 3 aromatic rings. The Morgan fingerprint density at radius 1 is 1.30 bits per heavy atom. The number of rotatable bonds is 5. The number of halogens is 2. The maximum Gasteiger partial charge on any atom is 0.172 e. The predicted molar refractivity (Wildman–Crippen MR) is 99.1 cm³/mol. The first-order chi connectivity index (χ1) is 11.1. The molecule has 0 radical (unpaired) electrons. The summed E-state index contributed by atoms with van der Waals surface area (Å²) in [7, 11) is 0. The van der Waals surface area contributed by atoms with Crippen LogP contribution in [0.5, 0.6) is 0 Å². The highest BCUT2D eigenvalue weighted by molar-refractivity contribution is 9.10. The van der Waals surface area contributed by atoms with Crippen molar-refractivity contribution in [2.24, 2.45) is 5.92 Å². The average molecular weight is 394 g/mol. The zero-order chi connectivity index (χ0) is 16.4. The molecular weight excluding hydrogens is 376 g/mol. The molecule has 0 saturated carbocycles. The third kappa shape index (κ3) is 3.51. The van der Waals surface area contributed by atoms with Gasteiger partial charge in [-0.3, -0.25) is 0 Å². The Hall–Kier alpha value is -1.59. The second-order valence-corrected chi connectivity index (χ2v) is 7.11. The van der Waals surface area contributed by atoms with Crippen molar-refractivity contribution in [2.45, 2.75) is 20.3 Å². The summed E-state index contributed by atoms with van der Waals surface area (Å²) in [6, 6.07) is 9.72. The van der Waals surface area contributed by atoms with Crippen molar-refractivity contribution in [2.75, 3.05) is 11.9 Å². The Labute approximate surface area is 149 Å². The number of aromatic nitrogens is 3. The van der Waals surface area contributed by atoms with Crippen LogP contribution in [0.25, 0.3) is 16.9 Å². The molecule has 120 valence electrons. The van der Waals surface area contributed by atoms with Crippen molar-refractivity contribution in [1.82, 2.24) is 14.6 Å². The van der Waals surface area contributed by atoms with Gasteiger partial charge in [0.2, 0.25) is 0 Å². The van der Waals surface area contributed by atoms with E-state index in [-0.39, 0.29) is 0 Å². The minimum atomic E-state index is 0.646. The van der Waals surface area contributed by atoms with Crippen LogP contribution in [-0.4, -0.2) is 21.1 Å². The third-order valence-electron chi connectivity index (χ3n) is 3.61. The van der Waals surface area contributed by atoms with Gasteiger partial charge in [-0.25, -0.2) is 4.98 Å². The van der Waals surface area contributed by atoms with Crippen LogP contribution in [-0.2, 0) is 0 Å². The van der Waals surface area contributed by atoms with Crippen LogP contribution in [0.2, 0.25) is 5.02 Å². The zero-order valence-electron chi connectivity index (χ0n) is 13.1. The lowest BCUT2D eigenvalue weighted by Crippen LogP contribution is -2.09. The smallest absolute Gasteiger partial charge is 0.172 e. The molecule has 6 heteroatoms. The van der Waals surface area contributed by atoms with Gasteiger partial charge < -0.3 is 5.32 Å². The Morgan fingerprint density at radius 2 is 2.09 bits per heavy atom. The van der Waals surface area contributed by atoms with Crippen molar-refractivity contribution >= 4 is 39.0 Å². The van der Waals surface area contributed by atoms with Crippen LogP contribution in [0.15, 0.2) is 41.0 Å². The van der Waals surface area contributed by atoms with Crippen molar-refractivity contribution in [3.05, 3.63) is 46.0 Å². The van der Waals surface area contributed by atoms with Gasteiger partial charge in [0, 0.05) is 23.2 Å². The van der Waals surface area contributed by atoms with Crippen molar-refractivity contribution < 1.29 is 0 Å². The summed E-state index contributed by atoms with van der Waals surface area (Å²) in [4.78, 5) is 4.70. The fourth-order valence-corrected chi connectivity index (χ4v) is 2.94. The van der Waals surface area contributed by atoms with Crippen molar-refractivity contribution in [3.63, 3.8) is 0 Å². The summed E-state index contributed by atoms with van der Waals surface area (Å²) < 4.78 is 2.67. The molecular formula is C17H18BrClN4. The Morgan fingerprint density at radius 3 is 2.83 bits per heavy atom. The summed E-state index contributed by atoms with van der Waals surface area (Å²) in [5, 5.41) is 8.53. The fraction of sp³-hybridized carbons (Fsp3) is 0.294. The maximum atomic E-state index is 6.33. The van der Waals surface area contributed by atoms with Gasteiger partial charge in [-0.1, -0.05) is 43.6 Å². The number of hydrogen-bond acceptors (Lipinski definition) is 3.